The summed E-state index contributed by atoms with van der Waals surface area (Å²) in [6, 6.07) is 75.5. The highest BCUT2D eigenvalue weighted by Crippen LogP contribution is 2.39. The minimum absolute atomic E-state index is 0.921. The van der Waals surface area contributed by atoms with Crippen molar-refractivity contribution in [2.45, 2.75) is 0 Å². The first-order valence-electron chi connectivity index (χ1n) is 19.7. The number of benzene rings is 8. The van der Waals surface area contributed by atoms with Gasteiger partial charge in [-0.15, -0.1) is 0 Å². The van der Waals surface area contributed by atoms with E-state index < -0.39 is 0 Å². The predicted molar refractivity (Wildman–Crippen MR) is 240 cm³/mol. The Bertz CT molecular complexity index is 3260. The maximum Gasteiger partial charge on any atom is 0.145 e. The SMILES string of the molecule is c1ccc(-c2nc3ccccc3n2-c2ccc(-c3cc(-c4cccc(-c5nc6ccccn6c5-c5ccccc5)c4)cc(-c4cccc5ccccc45)c3)cc2)cc1. The first-order chi connectivity index (χ1) is 28.7. The van der Waals surface area contributed by atoms with Gasteiger partial charge in [0.15, 0.2) is 0 Å². The number of rotatable bonds is 7. The number of hydrogen-bond acceptors (Lipinski definition) is 2. The summed E-state index contributed by atoms with van der Waals surface area (Å²) in [7, 11) is 0. The summed E-state index contributed by atoms with van der Waals surface area (Å²) in [6.07, 6.45) is 2.10. The van der Waals surface area contributed by atoms with Crippen molar-refractivity contribution in [1.29, 1.82) is 0 Å². The van der Waals surface area contributed by atoms with E-state index in [1.807, 2.05) is 18.2 Å². The zero-order chi connectivity index (χ0) is 38.4. The lowest BCUT2D eigenvalue weighted by molar-refractivity contribution is 1.10. The Morgan fingerprint density at radius 2 is 1.00 bits per heavy atom. The molecule has 4 nitrogen and oxygen atoms in total. The molecule has 0 atom stereocenters. The average Bonchev–Trinajstić information content (AvgIpc) is 3.89. The zero-order valence-electron chi connectivity index (χ0n) is 31.6. The minimum atomic E-state index is 0.921. The van der Waals surface area contributed by atoms with Gasteiger partial charge in [0.1, 0.15) is 11.5 Å². The van der Waals surface area contributed by atoms with E-state index in [2.05, 4.69) is 209 Å². The summed E-state index contributed by atoms with van der Waals surface area (Å²) in [6.45, 7) is 0. The number of imidazole rings is 2. The van der Waals surface area contributed by atoms with Gasteiger partial charge in [0.25, 0.3) is 0 Å². The monoisotopic (exact) mass is 740 g/mol. The highest BCUT2D eigenvalue weighted by molar-refractivity contribution is 5.98. The van der Waals surface area contributed by atoms with Crippen molar-refractivity contribution in [3.05, 3.63) is 219 Å². The number of pyridine rings is 1. The Kier molecular flexibility index (Phi) is 8.11. The van der Waals surface area contributed by atoms with E-state index in [0.29, 0.717) is 0 Å². The molecule has 0 saturated heterocycles. The predicted octanol–water partition coefficient (Wildman–Crippen LogP) is 13.8. The maximum atomic E-state index is 5.19. The van der Waals surface area contributed by atoms with Crippen LogP contribution in [0, 0.1) is 0 Å². The van der Waals surface area contributed by atoms with Crippen molar-refractivity contribution in [3.8, 4) is 73.0 Å². The molecule has 0 radical (unpaired) electrons. The van der Waals surface area contributed by atoms with E-state index in [9.17, 15) is 0 Å². The molecule has 0 fully saturated rings. The highest BCUT2D eigenvalue weighted by atomic mass is 15.1. The number of aromatic nitrogens is 4. The fourth-order valence-electron chi connectivity index (χ4n) is 8.38. The van der Waals surface area contributed by atoms with Crippen molar-refractivity contribution in [2.75, 3.05) is 0 Å². The smallest absolute Gasteiger partial charge is 0.145 e. The first-order valence-corrected chi connectivity index (χ1v) is 19.7. The first kappa shape index (κ1) is 33.5. The van der Waals surface area contributed by atoms with Gasteiger partial charge >= 0.3 is 0 Å². The van der Waals surface area contributed by atoms with Gasteiger partial charge in [-0.3, -0.25) is 8.97 Å². The zero-order valence-corrected chi connectivity index (χ0v) is 31.6. The summed E-state index contributed by atoms with van der Waals surface area (Å²) >= 11 is 0. The molecule has 11 rings (SSSR count). The largest absolute Gasteiger partial charge is 0.299 e. The molecule has 0 saturated carbocycles. The molecule has 0 aliphatic heterocycles. The Labute approximate surface area is 336 Å². The molecule has 58 heavy (non-hydrogen) atoms. The summed E-state index contributed by atoms with van der Waals surface area (Å²) in [5.74, 6) is 0.927. The van der Waals surface area contributed by atoms with Gasteiger partial charge in [-0.1, -0.05) is 152 Å². The average molecular weight is 741 g/mol. The molecule has 0 amide bonds. The third-order valence-corrected chi connectivity index (χ3v) is 11.1. The van der Waals surface area contributed by atoms with Crippen LogP contribution >= 0.6 is 0 Å². The van der Waals surface area contributed by atoms with E-state index >= 15 is 0 Å². The second kappa shape index (κ2) is 14.0. The fourth-order valence-corrected chi connectivity index (χ4v) is 8.38. The lowest BCUT2D eigenvalue weighted by atomic mass is 9.90. The molecule has 0 bridgehead atoms. The normalized spacial score (nSPS) is 11.4. The van der Waals surface area contributed by atoms with Crippen LogP contribution in [-0.4, -0.2) is 18.9 Å². The van der Waals surface area contributed by atoms with Crippen LogP contribution in [0.15, 0.2) is 219 Å². The lowest BCUT2D eigenvalue weighted by Crippen LogP contribution is -1.97. The molecule has 8 aromatic carbocycles. The van der Waals surface area contributed by atoms with Crippen molar-refractivity contribution in [3.63, 3.8) is 0 Å². The number of hydrogen-bond donors (Lipinski definition) is 0. The molecule has 0 aliphatic carbocycles. The van der Waals surface area contributed by atoms with E-state index in [-0.39, 0.29) is 0 Å². The van der Waals surface area contributed by atoms with Crippen molar-refractivity contribution < 1.29 is 0 Å². The van der Waals surface area contributed by atoms with Crippen LogP contribution in [0.25, 0.3) is 100 Å². The van der Waals surface area contributed by atoms with Gasteiger partial charge in [0.05, 0.1) is 22.4 Å². The van der Waals surface area contributed by atoms with Gasteiger partial charge in [-0.2, -0.15) is 0 Å². The van der Waals surface area contributed by atoms with E-state index in [4.69, 9.17) is 9.97 Å². The van der Waals surface area contributed by atoms with E-state index in [0.717, 1.165) is 78.5 Å². The Hall–Kier alpha value is -7.82. The third kappa shape index (κ3) is 5.87. The molecule has 0 aliphatic rings. The Balaban J connectivity index is 1.07. The second-order valence-corrected chi connectivity index (χ2v) is 14.7. The Morgan fingerprint density at radius 3 is 1.84 bits per heavy atom. The quantitative estimate of drug-likeness (QED) is 0.163. The van der Waals surface area contributed by atoms with Crippen LogP contribution in [0.4, 0.5) is 0 Å². The molecule has 3 heterocycles. The van der Waals surface area contributed by atoms with Crippen LogP contribution in [0.2, 0.25) is 0 Å². The third-order valence-electron chi connectivity index (χ3n) is 11.1. The minimum Gasteiger partial charge on any atom is -0.299 e. The number of para-hydroxylation sites is 2. The summed E-state index contributed by atoms with van der Waals surface area (Å²) in [5.41, 5.74) is 16.3. The van der Waals surface area contributed by atoms with Crippen LogP contribution < -0.4 is 0 Å². The molecule has 0 N–H and O–H groups in total. The topological polar surface area (TPSA) is 35.1 Å². The Morgan fingerprint density at radius 1 is 0.379 bits per heavy atom. The molecule has 11 aromatic rings. The number of nitrogens with zero attached hydrogens (tertiary/aromatic N) is 4. The molecule has 272 valence electrons. The molecule has 4 heteroatoms. The van der Waals surface area contributed by atoms with E-state index in [1.165, 1.54) is 21.9 Å². The molecular weight excluding hydrogens is 705 g/mol. The molecular formula is C54H36N4. The van der Waals surface area contributed by atoms with Gasteiger partial charge < -0.3 is 0 Å². The van der Waals surface area contributed by atoms with Gasteiger partial charge in [0, 0.05) is 28.6 Å². The van der Waals surface area contributed by atoms with Crippen LogP contribution in [-0.2, 0) is 0 Å². The van der Waals surface area contributed by atoms with Crippen LogP contribution in [0.5, 0.6) is 0 Å². The van der Waals surface area contributed by atoms with Gasteiger partial charge in [-0.05, 0) is 105 Å². The van der Waals surface area contributed by atoms with Gasteiger partial charge in [-0.25, -0.2) is 9.97 Å². The van der Waals surface area contributed by atoms with Crippen LogP contribution in [0.1, 0.15) is 0 Å². The fraction of sp³-hybridized carbons (Fsp3) is 0. The molecule has 0 unspecified atom stereocenters. The van der Waals surface area contributed by atoms with E-state index in [1.54, 1.807) is 0 Å². The lowest BCUT2D eigenvalue weighted by Gasteiger charge is -2.15. The standard InChI is InChI=1S/C54H36N4/c1-3-16-39(17-4-1)53-52(56-51-27-11-12-32-57(51)53)42-22-13-21-41(33-42)44-34-43(35-45(36-44)48-24-14-20-38-15-7-8-23-47(38)48)37-28-30-46(31-29-37)58-50-26-10-9-25-49(50)55-54(58)40-18-5-2-6-19-40/h1-36H. The van der Waals surface area contributed by atoms with Crippen molar-refractivity contribution >= 4 is 27.5 Å². The highest BCUT2D eigenvalue weighted by Gasteiger charge is 2.18. The summed E-state index contributed by atoms with van der Waals surface area (Å²) in [4.78, 5) is 10.3. The maximum absolute atomic E-state index is 5.19. The van der Waals surface area contributed by atoms with Crippen molar-refractivity contribution in [2.24, 2.45) is 0 Å². The summed E-state index contributed by atoms with van der Waals surface area (Å²) < 4.78 is 4.45. The van der Waals surface area contributed by atoms with Gasteiger partial charge in [0.2, 0.25) is 0 Å². The molecule has 3 aromatic heterocycles. The van der Waals surface area contributed by atoms with Crippen LogP contribution in [0.3, 0.4) is 0 Å². The van der Waals surface area contributed by atoms with Crippen molar-refractivity contribution in [1.82, 2.24) is 18.9 Å². The summed E-state index contributed by atoms with van der Waals surface area (Å²) in [5, 5.41) is 2.45. The molecule has 0 spiro atoms. The second-order valence-electron chi connectivity index (χ2n) is 14.7. The number of fused-ring (bicyclic) bond motifs is 3.